The lowest BCUT2D eigenvalue weighted by Gasteiger charge is -2.24. The third-order valence-electron chi connectivity index (χ3n) is 2.33. The van der Waals surface area contributed by atoms with Crippen LogP contribution in [-0.4, -0.2) is 13.7 Å². The van der Waals surface area contributed by atoms with Crippen LogP contribution in [0.5, 0.6) is 0 Å². The predicted octanol–water partition coefficient (Wildman–Crippen LogP) is 1.48. The van der Waals surface area contributed by atoms with Gasteiger partial charge in [-0.25, -0.2) is 0 Å². The summed E-state index contributed by atoms with van der Waals surface area (Å²) in [4.78, 5) is 0. The molecule has 1 aliphatic rings. The monoisotopic (exact) mass is 163 g/mol. The molecule has 0 amide bonds. The van der Waals surface area contributed by atoms with Gasteiger partial charge in [0.15, 0.2) is 0 Å². The van der Waals surface area contributed by atoms with Crippen LogP contribution in [0.4, 0.5) is 0 Å². The molecule has 0 aliphatic carbocycles. The lowest BCUT2D eigenvalue weighted by Crippen LogP contribution is -2.28. The first kappa shape index (κ1) is 7.77. The van der Waals surface area contributed by atoms with E-state index in [-0.39, 0.29) is 6.10 Å². The van der Waals surface area contributed by atoms with Gasteiger partial charge in [-0.2, -0.15) is 0 Å². The van der Waals surface area contributed by atoms with Gasteiger partial charge in [-0.3, -0.25) is 0 Å². The van der Waals surface area contributed by atoms with Crippen LogP contribution in [0.25, 0.3) is 0 Å². The number of hydrogen-bond donors (Lipinski definition) is 1. The molecule has 2 heteroatoms. The quantitative estimate of drug-likeness (QED) is 0.677. The topological polar surface area (TPSA) is 21.3 Å². The summed E-state index contributed by atoms with van der Waals surface area (Å²) < 4.78 is 5.36. The zero-order valence-corrected chi connectivity index (χ0v) is 7.21. The fraction of sp³-hybridized carbons (Fsp3) is 0.400. The van der Waals surface area contributed by atoms with Gasteiger partial charge in [0.25, 0.3) is 0 Å². The summed E-state index contributed by atoms with van der Waals surface area (Å²) in [5.74, 6) is 0. The van der Waals surface area contributed by atoms with Crippen molar-refractivity contribution >= 4 is 0 Å². The van der Waals surface area contributed by atoms with Gasteiger partial charge in [0.2, 0.25) is 0 Å². The van der Waals surface area contributed by atoms with Crippen molar-refractivity contribution < 1.29 is 4.74 Å². The second kappa shape index (κ2) is 3.25. The van der Waals surface area contributed by atoms with Crippen molar-refractivity contribution in [2.45, 2.75) is 12.6 Å². The Kier molecular flexibility index (Phi) is 2.11. The Morgan fingerprint density at radius 1 is 1.42 bits per heavy atom. The Bertz CT molecular complexity index is 272. The van der Waals surface area contributed by atoms with Crippen molar-refractivity contribution in [3.63, 3.8) is 0 Å². The number of nitrogens with one attached hydrogen (secondary N) is 1. The Balaban J connectivity index is 2.37. The highest BCUT2D eigenvalue weighted by Gasteiger charge is 2.17. The third kappa shape index (κ3) is 1.24. The molecule has 1 heterocycles. The molecule has 0 saturated heterocycles. The minimum absolute atomic E-state index is 0.231. The van der Waals surface area contributed by atoms with Gasteiger partial charge in [-0.15, -0.1) is 0 Å². The number of rotatable bonds is 1. The maximum atomic E-state index is 5.36. The highest BCUT2D eigenvalue weighted by molar-refractivity contribution is 5.31. The second-order valence-electron chi connectivity index (χ2n) is 3.05. The normalized spacial score (nSPS) is 21.9. The minimum atomic E-state index is 0.231. The highest BCUT2D eigenvalue weighted by atomic mass is 16.5. The summed E-state index contributed by atoms with van der Waals surface area (Å²) in [5, 5.41) is 3.32. The largest absolute Gasteiger partial charge is 0.375 e. The van der Waals surface area contributed by atoms with Gasteiger partial charge in [0, 0.05) is 20.2 Å². The van der Waals surface area contributed by atoms with E-state index < -0.39 is 0 Å². The zero-order chi connectivity index (χ0) is 8.39. The van der Waals surface area contributed by atoms with Gasteiger partial charge in [0.05, 0.1) is 6.10 Å². The minimum Gasteiger partial charge on any atom is -0.375 e. The molecular formula is C10H13NO. The first-order valence-electron chi connectivity index (χ1n) is 4.23. The van der Waals surface area contributed by atoms with Crippen LogP contribution in [0.2, 0.25) is 0 Å². The van der Waals surface area contributed by atoms with Crippen molar-refractivity contribution in [1.29, 1.82) is 0 Å². The highest BCUT2D eigenvalue weighted by Crippen LogP contribution is 2.23. The first-order valence-corrected chi connectivity index (χ1v) is 4.23. The molecule has 1 aromatic carbocycles. The molecule has 0 fully saturated rings. The fourth-order valence-electron chi connectivity index (χ4n) is 1.67. The third-order valence-corrected chi connectivity index (χ3v) is 2.33. The average Bonchev–Trinajstić information content (AvgIpc) is 2.17. The summed E-state index contributed by atoms with van der Waals surface area (Å²) in [6.07, 6.45) is 0.231. The first-order chi connectivity index (χ1) is 5.92. The van der Waals surface area contributed by atoms with E-state index in [1.54, 1.807) is 7.11 Å². The molecule has 2 nitrogen and oxygen atoms in total. The Morgan fingerprint density at radius 2 is 2.25 bits per heavy atom. The molecule has 1 atom stereocenters. The molecule has 2 rings (SSSR count). The number of ether oxygens (including phenoxy) is 1. The Morgan fingerprint density at radius 3 is 3.08 bits per heavy atom. The molecule has 12 heavy (non-hydrogen) atoms. The fourth-order valence-corrected chi connectivity index (χ4v) is 1.67. The van der Waals surface area contributed by atoms with Crippen LogP contribution in [0, 0.1) is 0 Å². The number of fused-ring (bicyclic) bond motifs is 1. The number of methoxy groups -OCH3 is 1. The Labute approximate surface area is 72.5 Å². The molecule has 0 saturated carbocycles. The molecule has 1 aromatic rings. The summed E-state index contributed by atoms with van der Waals surface area (Å²) in [5.41, 5.74) is 2.69. The van der Waals surface area contributed by atoms with E-state index in [9.17, 15) is 0 Å². The van der Waals surface area contributed by atoms with Crippen molar-refractivity contribution in [3.05, 3.63) is 35.4 Å². The average molecular weight is 163 g/mol. The van der Waals surface area contributed by atoms with Crippen LogP contribution in [0.15, 0.2) is 24.3 Å². The van der Waals surface area contributed by atoms with E-state index >= 15 is 0 Å². The molecular weight excluding hydrogens is 150 g/mol. The SMILES string of the molecule is COC1CNCc2ccccc21. The van der Waals surface area contributed by atoms with Crippen molar-refractivity contribution in [2.24, 2.45) is 0 Å². The second-order valence-corrected chi connectivity index (χ2v) is 3.05. The summed E-state index contributed by atoms with van der Waals surface area (Å²) in [6, 6.07) is 8.42. The van der Waals surface area contributed by atoms with E-state index in [1.165, 1.54) is 11.1 Å². The van der Waals surface area contributed by atoms with Gasteiger partial charge < -0.3 is 10.1 Å². The number of hydrogen-bond acceptors (Lipinski definition) is 2. The standard InChI is InChI=1S/C10H13NO/c1-12-10-7-11-6-8-4-2-3-5-9(8)10/h2-5,10-11H,6-7H2,1H3. The van der Waals surface area contributed by atoms with Crippen LogP contribution in [-0.2, 0) is 11.3 Å². The smallest absolute Gasteiger partial charge is 0.0948 e. The maximum absolute atomic E-state index is 5.36. The van der Waals surface area contributed by atoms with Crippen molar-refractivity contribution in [2.75, 3.05) is 13.7 Å². The summed E-state index contributed by atoms with van der Waals surface area (Å²) >= 11 is 0. The maximum Gasteiger partial charge on any atom is 0.0948 e. The van der Waals surface area contributed by atoms with Crippen molar-refractivity contribution in [1.82, 2.24) is 5.32 Å². The predicted molar refractivity (Wildman–Crippen MR) is 47.9 cm³/mol. The van der Waals surface area contributed by atoms with Gasteiger partial charge in [-0.05, 0) is 11.1 Å². The number of benzene rings is 1. The van der Waals surface area contributed by atoms with Gasteiger partial charge in [0.1, 0.15) is 0 Å². The van der Waals surface area contributed by atoms with Gasteiger partial charge >= 0.3 is 0 Å². The van der Waals surface area contributed by atoms with E-state index in [0.717, 1.165) is 13.1 Å². The van der Waals surface area contributed by atoms with E-state index in [4.69, 9.17) is 4.74 Å². The van der Waals surface area contributed by atoms with Crippen LogP contribution in [0.1, 0.15) is 17.2 Å². The molecule has 0 bridgehead atoms. The molecule has 1 aliphatic heterocycles. The molecule has 1 N–H and O–H groups in total. The Hall–Kier alpha value is -0.860. The van der Waals surface area contributed by atoms with Crippen LogP contribution >= 0.6 is 0 Å². The van der Waals surface area contributed by atoms with Gasteiger partial charge in [-0.1, -0.05) is 24.3 Å². The molecule has 0 spiro atoms. The lowest BCUT2D eigenvalue weighted by atomic mass is 9.99. The molecule has 64 valence electrons. The van der Waals surface area contributed by atoms with Crippen LogP contribution < -0.4 is 5.32 Å². The van der Waals surface area contributed by atoms with E-state index in [1.807, 2.05) is 0 Å². The lowest BCUT2D eigenvalue weighted by molar-refractivity contribution is 0.0955. The van der Waals surface area contributed by atoms with E-state index in [2.05, 4.69) is 29.6 Å². The van der Waals surface area contributed by atoms with Crippen molar-refractivity contribution in [3.8, 4) is 0 Å². The van der Waals surface area contributed by atoms with Crippen LogP contribution in [0.3, 0.4) is 0 Å². The zero-order valence-electron chi connectivity index (χ0n) is 7.21. The summed E-state index contributed by atoms with van der Waals surface area (Å²) in [7, 11) is 1.76. The molecule has 1 unspecified atom stereocenters. The molecule has 0 radical (unpaired) electrons. The summed E-state index contributed by atoms with van der Waals surface area (Å²) in [6.45, 7) is 1.89. The molecule has 0 aromatic heterocycles. The van der Waals surface area contributed by atoms with E-state index in [0.29, 0.717) is 0 Å².